The van der Waals surface area contributed by atoms with E-state index in [9.17, 15) is 10.1 Å². The first-order chi connectivity index (χ1) is 11.6. The van der Waals surface area contributed by atoms with Crippen molar-refractivity contribution in [2.45, 2.75) is 5.92 Å². The number of fused-ring (bicyclic) bond motifs is 1. The third-order valence-corrected chi connectivity index (χ3v) is 4.93. The van der Waals surface area contributed by atoms with E-state index in [-0.39, 0.29) is 5.78 Å². The number of carbonyl (C=O) groups is 1. The molecule has 3 rings (SSSR count). The molecule has 118 valence electrons. The van der Waals surface area contributed by atoms with E-state index in [4.69, 9.17) is 23.2 Å². The maximum Gasteiger partial charge on any atom is 0.179 e. The van der Waals surface area contributed by atoms with Crippen LogP contribution in [0.15, 0.2) is 48.5 Å². The van der Waals surface area contributed by atoms with Crippen molar-refractivity contribution < 1.29 is 4.79 Å². The lowest BCUT2D eigenvalue weighted by atomic mass is 10.1. The molecule has 0 bridgehead atoms. The lowest BCUT2D eigenvalue weighted by Gasteiger charge is -2.00. The van der Waals surface area contributed by atoms with Gasteiger partial charge in [-0.05, 0) is 42.0 Å². The molecule has 0 fully saturated rings. The highest BCUT2D eigenvalue weighted by Gasteiger charge is 2.22. The van der Waals surface area contributed by atoms with Crippen LogP contribution in [0.1, 0.15) is 16.5 Å². The van der Waals surface area contributed by atoms with Gasteiger partial charge in [-0.15, -0.1) is 11.3 Å². The van der Waals surface area contributed by atoms with Crippen LogP contribution in [-0.2, 0) is 4.79 Å². The van der Waals surface area contributed by atoms with Crippen LogP contribution in [0.25, 0.3) is 16.3 Å². The molecule has 0 aliphatic rings. The van der Waals surface area contributed by atoms with E-state index in [0.717, 1.165) is 10.3 Å². The number of nitrogens with zero attached hydrogens (tertiary/aromatic N) is 2. The van der Waals surface area contributed by atoms with Crippen LogP contribution in [0, 0.1) is 11.3 Å². The lowest BCUT2D eigenvalue weighted by molar-refractivity contribution is -0.114. The molecule has 1 atom stereocenters. The van der Waals surface area contributed by atoms with Gasteiger partial charge in [-0.25, -0.2) is 4.98 Å². The average molecular weight is 373 g/mol. The van der Waals surface area contributed by atoms with Crippen molar-refractivity contribution in [1.29, 1.82) is 5.26 Å². The molecule has 1 heterocycles. The number of nitriles is 1. The molecule has 0 saturated heterocycles. The first kappa shape index (κ1) is 16.7. The number of hydrogen-bond acceptors (Lipinski definition) is 4. The second-order valence-electron chi connectivity index (χ2n) is 5.01. The maximum atomic E-state index is 12.4. The summed E-state index contributed by atoms with van der Waals surface area (Å²) < 4.78 is 0.893. The van der Waals surface area contributed by atoms with Crippen molar-refractivity contribution in [3.63, 3.8) is 0 Å². The van der Waals surface area contributed by atoms with Crippen molar-refractivity contribution in [3.05, 3.63) is 69.2 Å². The highest BCUT2D eigenvalue weighted by atomic mass is 35.5. The lowest BCUT2D eigenvalue weighted by Crippen LogP contribution is -2.07. The fourth-order valence-electron chi connectivity index (χ4n) is 2.13. The summed E-state index contributed by atoms with van der Waals surface area (Å²) in [7, 11) is 0. The molecule has 1 unspecified atom stereocenters. The second-order valence-corrected chi connectivity index (χ2v) is 6.95. The van der Waals surface area contributed by atoms with Crippen molar-refractivity contribution in [2.24, 2.45) is 0 Å². The number of carbonyl (C=O) groups excluding carboxylic acids is 1. The van der Waals surface area contributed by atoms with Gasteiger partial charge in [0.2, 0.25) is 0 Å². The fourth-order valence-corrected chi connectivity index (χ4v) is 3.42. The molecule has 1 aromatic heterocycles. The van der Waals surface area contributed by atoms with Gasteiger partial charge in [0, 0.05) is 10.0 Å². The molecule has 0 amide bonds. The Labute approximate surface area is 152 Å². The largest absolute Gasteiger partial charge is 0.293 e. The molecule has 0 aliphatic heterocycles. The molecule has 3 nitrogen and oxygen atoms in total. The van der Waals surface area contributed by atoms with E-state index in [1.807, 2.05) is 12.1 Å². The van der Waals surface area contributed by atoms with Crippen LogP contribution in [0.4, 0.5) is 0 Å². The Morgan fingerprint density at radius 2 is 1.88 bits per heavy atom. The van der Waals surface area contributed by atoms with Crippen molar-refractivity contribution in [3.8, 4) is 6.07 Å². The highest BCUT2D eigenvalue weighted by molar-refractivity contribution is 7.18. The number of rotatable bonds is 4. The number of aromatic nitrogens is 1. The zero-order valence-corrected chi connectivity index (χ0v) is 14.6. The SMILES string of the molecule is N#CC(C(=O)C=Cc1ccc(Cl)cc1)c1nc2cc(Cl)ccc2s1. The monoisotopic (exact) mass is 372 g/mol. The first-order valence-corrected chi connectivity index (χ1v) is 8.57. The van der Waals surface area contributed by atoms with Gasteiger partial charge in [-0.1, -0.05) is 41.4 Å². The summed E-state index contributed by atoms with van der Waals surface area (Å²) in [4.78, 5) is 16.7. The molecule has 0 aliphatic carbocycles. The minimum absolute atomic E-state index is 0.308. The number of benzene rings is 2. The number of allylic oxidation sites excluding steroid dienone is 1. The van der Waals surface area contributed by atoms with Crippen LogP contribution in [-0.4, -0.2) is 10.8 Å². The molecule has 24 heavy (non-hydrogen) atoms. The van der Waals surface area contributed by atoms with Crippen LogP contribution in [0.2, 0.25) is 10.0 Å². The van der Waals surface area contributed by atoms with E-state index in [2.05, 4.69) is 4.98 Å². The zero-order valence-electron chi connectivity index (χ0n) is 12.2. The van der Waals surface area contributed by atoms with E-state index >= 15 is 0 Å². The summed E-state index contributed by atoms with van der Waals surface area (Å²) in [6.07, 6.45) is 3.06. The molecule has 0 N–H and O–H groups in total. The third-order valence-electron chi connectivity index (χ3n) is 3.34. The van der Waals surface area contributed by atoms with Crippen molar-refractivity contribution in [1.82, 2.24) is 4.98 Å². The summed E-state index contributed by atoms with van der Waals surface area (Å²) in [6.45, 7) is 0. The van der Waals surface area contributed by atoms with E-state index < -0.39 is 5.92 Å². The molecule has 3 aromatic rings. The Kier molecular flexibility index (Phi) is 4.96. The topological polar surface area (TPSA) is 53.8 Å². The average Bonchev–Trinajstić information content (AvgIpc) is 2.97. The Morgan fingerprint density at radius 3 is 2.58 bits per heavy atom. The fraction of sp³-hybridized carbons (Fsp3) is 0.0556. The second kappa shape index (κ2) is 7.14. The van der Waals surface area contributed by atoms with E-state index in [1.54, 1.807) is 42.5 Å². The Balaban J connectivity index is 1.85. The van der Waals surface area contributed by atoms with E-state index in [1.165, 1.54) is 17.4 Å². The number of hydrogen-bond donors (Lipinski definition) is 0. The first-order valence-electron chi connectivity index (χ1n) is 7.00. The van der Waals surface area contributed by atoms with Gasteiger partial charge in [-0.2, -0.15) is 5.26 Å². The molecular formula is C18H10Cl2N2OS. The van der Waals surface area contributed by atoms with Crippen LogP contribution in [0.3, 0.4) is 0 Å². The van der Waals surface area contributed by atoms with Gasteiger partial charge in [0.25, 0.3) is 0 Å². The molecule has 2 aromatic carbocycles. The number of ketones is 1. The van der Waals surface area contributed by atoms with Crippen LogP contribution >= 0.6 is 34.5 Å². The summed E-state index contributed by atoms with van der Waals surface area (Å²) >= 11 is 13.1. The van der Waals surface area contributed by atoms with Gasteiger partial charge >= 0.3 is 0 Å². The quantitative estimate of drug-likeness (QED) is 0.568. The molecule has 0 saturated carbocycles. The summed E-state index contributed by atoms with van der Waals surface area (Å²) in [5.74, 6) is -1.23. The van der Waals surface area contributed by atoms with E-state index in [0.29, 0.717) is 20.6 Å². The Morgan fingerprint density at radius 1 is 1.17 bits per heavy atom. The molecule has 0 radical (unpaired) electrons. The van der Waals surface area contributed by atoms with Gasteiger partial charge in [0.15, 0.2) is 11.7 Å². The number of thiazole rings is 1. The summed E-state index contributed by atoms with van der Waals surface area (Å²) in [6, 6.07) is 14.4. The van der Waals surface area contributed by atoms with Crippen LogP contribution < -0.4 is 0 Å². The van der Waals surface area contributed by atoms with Crippen molar-refractivity contribution >= 4 is 56.6 Å². The van der Waals surface area contributed by atoms with Gasteiger partial charge in [0.05, 0.1) is 16.3 Å². The maximum absolute atomic E-state index is 12.4. The zero-order chi connectivity index (χ0) is 17.1. The predicted octanol–water partition coefficient (Wildman–Crippen LogP) is 5.49. The summed E-state index contributed by atoms with van der Waals surface area (Å²) in [5.41, 5.74) is 1.53. The Hall–Kier alpha value is -2.19. The molecule has 0 spiro atoms. The van der Waals surface area contributed by atoms with Gasteiger partial charge in [0.1, 0.15) is 5.01 Å². The van der Waals surface area contributed by atoms with Gasteiger partial charge in [-0.3, -0.25) is 4.79 Å². The normalized spacial score (nSPS) is 12.4. The molecular weight excluding hydrogens is 363 g/mol. The minimum atomic E-state index is -0.926. The van der Waals surface area contributed by atoms with Crippen molar-refractivity contribution in [2.75, 3.05) is 0 Å². The number of halogens is 2. The predicted molar refractivity (Wildman–Crippen MR) is 98.5 cm³/mol. The third kappa shape index (κ3) is 3.65. The molecule has 6 heteroatoms. The smallest absolute Gasteiger partial charge is 0.179 e. The highest BCUT2D eigenvalue weighted by Crippen LogP contribution is 2.30. The standard InChI is InChI=1S/C18H10Cl2N2OS/c19-12-4-1-11(2-5-12)3-7-16(23)14(10-21)18-22-15-9-13(20)6-8-17(15)24-18/h1-9,14H. The summed E-state index contributed by atoms with van der Waals surface area (Å²) in [5, 5.41) is 11.1. The minimum Gasteiger partial charge on any atom is -0.293 e. The van der Waals surface area contributed by atoms with Gasteiger partial charge < -0.3 is 0 Å². The van der Waals surface area contributed by atoms with Crippen LogP contribution in [0.5, 0.6) is 0 Å². The Bertz CT molecular complexity index is 971.